The molecule has 1 aromatic heterocycles. The van der Waals surface area contributed by atoms with Gasteiger partial charge >= 0.3 is 5.97 Å². The lowest BCUT2D eigenvalue weighted by molar-refractivity contribution is -0.119. The van der Waals surface area contributed by atoms with Gasteiger partial charge in [0.2, 0.25) is 5.91 Å². The van der Waals surface area contributed by atoms with Crippen LogP contribution in [0, 0.1) is 19.8 Å². The summed E-state index contributed by atoms with van der Waals surface area (Å²) in [6, 6.07) is 4.47. The van der Waals surface area contributed by atoms with Gasteiger partial charge in [0.15, 0.2) is 0 Å². The smallest absolute Gasteiger partial charge is 0.339 e. The number of amides is 1. The topological polar surface area (TPSA) is 93.5 Å². The summed E-state index contributed by atoms with van der Waals surface area (Å²) in [5.74, 6) is -1.28. The Morgan fingerprint density at radius 3 is 2.56 bits per heavy atom. The number of methoxy groups -OCH3 is 1. The first kappa shape index (κ1) is 18.5. The Morgan fingerprint density at radius 1 is 1.36 bits per heavy atom. The van der Waals surface area contributed by atoms with E-state index in [1.54, 1.807) is 6.07 Å². The van der Waals surface area contributed by atoms with Gasteiger partial charge in [-0.3, -0.25) is 9.48 Å². The van der Waals surface area contributed by atoms with Crippen LogP contribution in [0.3, 0.4) is 0 Å². The molecule has 0 saturated carbocycles. The van der Waals surface area contributed by atoms with E-state index in [9.17, 15) is 9.59 Å². The monoisotopic (exact) mass is 345 g/mol. The molecule has 7 heteroatoms. The van der Waals surface area contributed by atoms with E-state index < -0.39 is 5.97 Å². The highest BCUT2D eigenvalue weighted by Crippen LogP contribution is 2.24. The summed E-state index contributed by atoms with van der Waals surface area (Å²) in [4.78, 5) is 23.6. The molecule has 0 radical (unpaired) electrons. The summed E-state index contributed by atoms with van der Waals surface area (Å²) in [5.41, 5.74) is 3.59. The number of carboxylic acids is 1. The molecule has 134 valence electrons. The zero-order chi connectivity index (χ0) is 18.7. The zero-order valence-electron chi connectivity index (χ0n) is 15.1. The van der Waals surface area contributed by atoms with E-state index in [-0.39, 0.29) is 23.1 Å². The quantitative estimate of drug-likeness (QED) is 0.839. The minimum absolute atomic E-state index is 0.0511. The largest absolute Gasteiger partial charge is 0.496 e. The zero-order valence-corrected chi connectivity index (χ0v) is 15.1. The number of ether oxygens (including phenoxy) is 1. The maximum absolute atomic E-state index is 12.5. The van der Waals surface area contributed by atoms with Crippen molar-refractivity contribution >= 4 is 17.6 Å². The number of aromatic nitrogens is 2. The molecule has 1 unspecified atom stereocenters. The molecule has 2 N–H and O–H groups in total. The van der Waals surface area contributed by atoms with Gasteiger partial charge in [0.05, 0.1) is 12.8 Å². The third-order valence-corrected chi connectivity index (χ3v) is 4.32. The number of carboxylic acid groups (broad SMARTS) is 1. The molecule has 0 aliphatic rings. The maximum atomic E-state index is 12.5. The van der Waals surface area contributed by atoms with E-state index in [2.05, 4.69) is 10.4 Å². The molecule has 0 aliphatic heterocycles. The van der Waals surface area contributed by atoms with Gasteiger partial charge in [0.25, 0.3) is 0 Å². The lowest BCUT2D eigenvalue weighted by Gasteiger charge is -2.14. The van der Waals surface area contributed by atoms with Crippen molar-refractivity contribution < 1.29 is 19.4 Å². The SMILES string of the molecule is COc1cc(NC(=O)C(C)Cc2c(C)nn(C)c2C)ccc1C(=O)O. The van der Waals surface area contributed by atoms with Crippen LogP contribution in [0.25, 0.3) is 0 Å². The molecule has 1 atom stereocenters. The van der Waals surface area contributed by atoms with Crippen LogP contribution in [0.15, 0.2) is 18.2 Å². The Bertz CT molecular complexity index is 811. The van der Waals surface area contributed by atoms with Crippen LogP contribution in [-0.2, 0) is 18.3 Å². The highest BCUT2D eigenvalue weighted by molar-refractivity contribution is 5.95. The minimum atomic E-state index is -1.08. The van der Waals surface area contributed by atoms with Crippen molar-refractivity contribution in [3.05, 3.63) is 40.7 Å². The Labute approximate surface area is 146 Å². The predicted octanol–water partition coefficient (Wildman–Crippen LogP) is 2.56. The van der Waals surface area contributed by atoms with E-state index in [1.807, 2.05) is 32.5 Å². The van der Waals surface area contributed by atoms with Crippen LogP contribution >= 0.6 is 0 Å². The summed E-state index contributed by atoms with van der Waals surface area (Å²) in [6.07, 6.45) is 0.585. The van der Waals surface area contributed by atoms with Crippen molar-refractivity contribution in [2.24, 2.45) is 13.0 Å². The average Bonchev–Trinajstić information content (AvgIpc) is 2.80. The lowest BCUT2D eigenvalue weighted by Crippen LogP contribution is -2.22. The number of benzene rings is 1. The maximum Gasteiger partial charge on any atom is 0.339 e. The molecule has 7 nitrogen and oxygen atoms in total. The molecule has 0 saturated heterocycles. The Kier molecular flexibility index (Phi) is 5.46. The second-order valence-corrected chi connectivity index (χ2v) is 6.09. The molecule has 1 amide bonds. The molecule has 25 heavy (non-hydrogen) atoms. The van der Waals surface area contributed by atoms with Crippen molar-refractivity contribution in [3.8, 4) is 5.75 Å². The first-order valence-corrected chi connectivity index (χ1v) is 7.95. The fraction of sp³-hybridized carbons (Fsp3) is 0.389. The molecular weight excluding hydrogens is 322 g/mol. The summed E-state index contributed by atoms with van der Waals surface area (Å²) in [6.45, 7) is 5.77. The van der Waals surface area contributed by atoms with Crippen molar-refractivity contribution in [1.82, 2.24) is 9.78 Å². The van der Waals surface area contributed by atoms with Crippen molar-refractivity contribution in [2.75, 3.05) is 12.4 Å². The molecule has 2 aromatic rings. The van der Waals surface area contributed by atoms with E-state index in [1.165, 1.54) is 19.2 Å². The summed E-state index contributed by atoms with van der Waals surface area (Å²) < 4.78 is 6.89. The van der Waals surface area contributed by atoms with Crippen LogP contribution < -0.4 is 10.1 Å². The molecule has 2 rings (SSSR count). The number of anilines is 1. The number of hydrogen-bond donors (Lipinski definition) is 2. The number of aromatic carboxylic acids is 1. The Balaban J connectivity index is 2.12. The summed E-state index contributed by atoms with van der Waals surface area (Å²) in [7, 11) is 3.27. The average molecular weight is 345 g/mol. The number of nitrogens with one attached hydrogen (secondary N) is 1. The van der Waals surface area contributed by atoms with Gasteiger partial charge in [0, 0.05) is 30.4 Å². The molecule has 1 aromatic carbocycles. The number of hydrogen-bond acceptors (Lipinski definition) is 4. The number of nitrogens with zero attached hydrogens (tertiary/aromatic N) is 2. The van der Waals surface area contributed by atoms with Crippen LogP contribution in [-0.4, -0.2) is 33.9 Å². The number of rotatable bonds is 6. The van der Waals surface area contributed by atoms with E-state index in [0.717, 1.165) is 17.0 Å². The van der Waals surface area contributed by atoms with Gasteiger partial charge in [0.1, 0.15) is 11.3 Å². The first-order valence-electron chi connectivity index (χ1n) is 7.95. The highest BCUT2D eigenvalue weighted by atomic mass is 16.5. The number of carbonyl (C=O) groups is 2. The molecule has 0 aliphatic carbocycles. The molecular formula is C18H23N3O4. The fourth-order valence-corrected chi connectivity index (χ4v) is 2.72. The van der Waals surface area contributed by atoms with E-state index >= 15 is 0 Å². The number of aryl methyl sites for hydroxylation is 2. The molecule has 0 spiro atoms. The minimum Gasteiger partial charge on any atom is -0.496 e. The van der Waals surface area contributed by atoms with Crippen molar-refractivity contribution in [2.45, 2.75) is 27.2 Å². The summed E-state index contributed by atoms with van der Waals surface area (Å²) in [5, 5.41) is 16.3. The first-order chi connectivity index (χ1) is 11.7. The van der Waals surface area contributed by atoms with E-state index in [0.29, 0.717) is 12.1 Å². The van der Waals surface area contributed by atoms with Crippen LogP contribution in [0.1, 0.15) is 34.2 Å². The molecule has 1 heterocycles. The van der Waals surface area contributed by atoms with Crippen LogP contribution in [0.4, 0.5) is 5.69 Å². The number of carbonyl (C=O) groups excluding carboxylic acids is 1. The Hall–Kier alpha value is -2.83. The molecule has 0 bridgehead atoms. The van der Waals surface area contributed by atoms with Gasteiger partial charge in [-0.2, -0.15) is 5.10 Å². The Morgan fingerprint density at radius 2 is 2.04 bits per heavy atom. The van der Waals surface area contributed by atoms with Crippen molar-refractivity contribution in [3.63, 3.8) is 0 Å². The predicted molar refractivity (Wildman–Crippen MR) is 94.1 cm³/mol. The normalized spacial score (nSPS) is 11.9. The van der Waals surface area contributed by atoms with Gasteiger partial charge in [-0.1, -0.05) is 6.92 Å². The second kappa shape index (κ2) is 7.38. The van der Waals surface area contributed by atoms with Crippen LogP contribution in [0.5, 0.6) is 5.75 Å². The van der Waals surface area contributed by atoms with Gasteiger partial charge < -0.3 is 15.2 Å². The van der Waals surface area contributed by atoms with Crippen LogP contribution in [0.2, 0.25) is 0 Å². The standard InChI is InChI=1S/C18H23N3O4/c1-10(8-15-11(2)20-21(4)12(15)3)17(22)19-13-6-7-14(18(23)24)16(9-13)25-5/h6-7,9-10H,8H2,1-5H3,(H,19,22)(H,23,24). The fourth-order valence-electron chi connectivity index (χ4n) is 2.72. The molecule has 0 fully saturated rings. The van der Waals surface area contributed by atoms with Gasteiger partial charge in [-0.15, -0.1) is 0 Å². The second-order valence-electron chi connectivity index (χ2n) is 6.09. The highest BCUT2D eigenvalue weighted by Gasteiger charge is 2.19. The third-order valence-electron chi connectivity index (χ3n) is 4.32. The third kappa shape index (κ3) is 3.99. The lowest BCUT2D eigenvalue weighted by atomic mass is 9.98. The summed E-state index contributed by atoms with van der Waals surface area (Å²) >= 11 is 0. The van der Waals surface area contributed by atoms with Crippen molar-refractivity contribution in [1.29, 1.82) is 0 Å². The van der Waals surface area contributed by atoms with Gasteiger partial charge in [-0.25, -0.2) is 4.79 Å². The van der Waals surface area contributed by atoms with E-state index in [4.69, 9.17) is 9.84 Å². The van der Waals surface area contributed by atoms with Gasteiger partial charge in [-0.05, 0) is 38.0 Å².